The number of amides is 1. The Morgan fingerprint density at radius 1 is 1.16 bits per heavy atom. The SMILES string of the molecule is O=C(NC1CCCCC1)c1ccc(NS(=O)(=O)c2cccs2)cc1O. The second-order valence-corrected chi connectivity index (χ2v) is 8.93. The molecular weight excluding hydrogens is 360 g/mol. The summed E-state index contributed by atoms with van der Waals surface area (Å²) in [6.45, 7) is 0. The zero-order valence-corrected chi connectivity index (χ0v) is 15.2. The fraction of sp³-hybridized carbons (Fsp3) is 0.353. The van der Waals surface area contributed by atoms with Crippen LogP contribution in [-0.2, 0) is 10.0 Å². The summed E-state index contributed by atoms with van der Waals surface area (Å²) in [7, 11) is -3.69. The van der Waals surface area contributed by atoms with Crippen molar-refractivity contribution < 1.29 is 18.3 Å². The van der Waals surface area contributed by atoms with Gasteiger partial charge in [0.05, 0.1) is 11.3 Å². The van der Waals surface area contributed by atoms with E-state index in [9.17, 15) is 18.3 Å². The van der Waals surface area contributed by atoms with Crippen LogP contribution in [0.15, 0.2) is 39.9 Å². The number of carbonyl (C=O) groups excluding carboxylic acids is 1. The summed E-state index contributed by atoms with van der Waals surface area (Å²) >= 11 is 1.10. The van der Waals surface area contributed by atoms with Crippen LogP contribution >= 0.6 is 11.3 Å². The lowest BCUT2D eigenvalue weighted by atomic mass is 9.95. The summed E-state index contributed by atoms with van der Waals surface area (Å²) in [6.07, 6.45) is 5.29. The van der Waals surface area contributed by atoms with Gasteiger partial charge in [-0.05, 0) is 36.4 Å². The van der Waals surface area contributed by atoms with Crippen molar-refractivity contribution in [2.45, 2.75) is 42.4 Å². The second kappa shape index (κ2) is 7.45. The Kier molecular flexibility index (Phi) is 5.29. The Labute approximate surface area is 150 Å². The Bertz CT molecular complexity index is 842. The number of carbonyl (C=O) groups is 1. The van der Waals surface area contributed by atoms with Crippen molar-refractivity contribution in [1.29, 1.82) is 0 Å². The van der Waals surface area contributed by atoms with Gasteiger partial charge >= 0.3 is 0 Å². The first-order chi connectivity index (χ1) is 12.0. The topological polar surface area (TPSA) is 95.5 Å². The van der Waals surface area contributed by atoms with E-state index in [-0.39, 0.29) is 33.2 Å². The van der Waals surface area contributed by atoms with Crippen LogP contribution in [0.5, 0.6) is 5.75 Å². The minimum Gasteiger partial charge on any atom is -0.507 e. The molecule has 1 aromatic heterocycles. The Morgan fingerprint density at radius 3 is 2.56 bits per heavy atom. The normalized spacial score (nSPS) is 15.7. The maximum atomic E-state index is 12.3. The molecule has 134 valence electrons. The van der Waals surface area contributed by atoms with Gasteiger partial charge in [-0.1, -0.05) is 25.3 Å². The fourth-order valence-corrected chi connectivity index (χ4v) is 4.96. The molecule has 0 atom stereocenters. The molecule has 25 heavy (non-hydrogen) atoms. The molecular formula is C17H20N2O4S2. The van der Waals surface area contributed by atoms with E-state index in [2.05, 4.69) is 10.0 Å². The molecule has 0 aliphatic heterocycles. The quantitative estimate of drug-likeness (QED) is 0.741. The van der Waals surface area contributed by atoms with Gasteiger partial charge in [0.2, 0.25) is 0 Å². The lowest BCUT2D eigenvalue weighted by Gasteiger charge is -2.23. The standard InChI is InChI=1S/C17H20N2O4S2/c20-15-11-13(19-25(22,23)16-7-4-10-24-16)8-9-14(15)17(21)18-12-5-2-1-3-6-12/h4,7-12,19-20H,1-3,5-6H2,(H,18,21). The van der Waals surface area contributed by atoms with Gasteiger partial charge in [0.15, 0.2) is 0 Å². The molecule has 0 radical (unpaired) electrons. The van der Waals surface area contributed by atoms with Gasteiger partial charge in [-0.15, -0.1) is 11.3 Å². The highest BCUT2D eigenvalue weighted by molar-refractivity contribution is 7.94. The number of benzene rings is 1. The zero-order valence-electron chi connectivity index (χ0n) is 13.6. The predicted octanol–water partition coefficient (Wildman–Crippen LogP) is 3.32. The van der Waals surface area contributed by atoms with Gasteiger partial charge in [0.25, 0.3) is 15.9 Å². The first-order valence-electron chi connectivity index (χ1n) is 8.16. The average molecular weight is 380 g/mol. The number of anilines is 1. The first kappa shape index (κ1) is 17.8. The van der Waals surface area contributed by atoms with Gasteiger partial charge in [0.1, 0.15) is 9.96 Å². The van der Waals surface area contributed by atoms with E-state index in [0.29, 0.717) is 0 Å². The zero-order chi connectivity index (χ0) is 17.9. The van der Waals surface area contributed by atoms with Crippen molar-refractivity contribution in [3.05, 3.63) is 41.3 Å². The van der Waals surface area contributed by atoms with E-state index in [4.69, 9.17) is 0 Å². The van der Waals surface area contributed by atoms with Crippen LogP contribution in [0.3, 0.4) is 0 Å². The van der Waals surface area contributed by atoms with Crippen molar-refractivity contribution >= 4 is 33.0 Å². The molecule has 0 saturated heterocycles. The molecule has 1 amide bonds. The van der Waals surface area contributed by atoms with E-state index in [0.717, 1.165) is 37.0 Å². The highest BCUT2D eigenvalue weighted by Gasteiger charge is 2.20. The summed E-state index contributed by atoms with van der Waals surface area (Å²) in [5, 5.41) is 14.7. The molecule has 1 fully saturated rings. The number of rotatable bonds is 5. The molecule has 0 unspecified atom stereocenters. The first-order valence-corrected chi connectivity index (χ1v) is 10.5. The molecule has 3 N–H and O–H groups in total. The Balaban J connectivity index is 1.71. The average Bonchev–Trinajstić information content (AvgIpc) is 3.11. The van der Waals surface area contributed by atoms with Crippen LogP contribution in [0, 0.1) is 0 Å². The van der Waals surface area contributed by atoms with Crippen molar-refractivity contribution in [2.24, 2.45) is 0 Å². The summed E-state index contributed by atoms with van der Waals surface area (Å²) in [5.74, 6) is -0.586. The van der Waals surface area contributed by atoms with Gasteiger partial charge in [-0.2, -0.15) is 0 Å². The number of aromatic hydroxyl groups is 1. The highest BCUT2D eigenvalue weighted by atomic mass is 32.2. The van der Waals surface area contributed by atoms with E-state index in [1.54, 1.807) is 11.4 Å². The van der Waals surface area contributed by atoms with Crippen LogP contribution < -0.4 is 10.0 Å². The largest absolute Gasteiger partial charge is 0.507 e. The molecule has 1 heterocycles. The van der Waals surface area contributed by atoms with Crippen molar-refractivity contribution in [3.8, 4) is 5.75 Å². The number of phenols is 1. The molecule has 8 heteroatoms. The van der Waals surface area contributed by atoms with Crippen molar-refractivity contribution in [1.82, 2.24) is 5.32 Å². The smallest absolute Gasteiger partial charge is 0.271 e. The Hall–Kier alpha value is -2.06. The monoisotopic (exact) mass is 380 g/mol. The van der Waals surface area contributed by atoms with Crippen molar-refractivity contribution in [2.75, 3.05) is 4.72 Å². The van der Waals surface area contributed by atoms with Crippen LogP contribution in [0.1, 0.15) is 42.5 Å². The molecule has 1 saturated carbocycles. The molecule has 1 aliphatic carbocycles. The van der Waals surface area contributed by atoms with E-state index in [1.807, 2.05) is 0 Å². The number of hydrogen-bond acceptors (Lipinski definition) is 5. The number of sulfonamides is 1. The molecule has 2 aromatic rings. The molecule has 1 aromatic carbocycles. The third kappa shape index (κ3) is 4.32. The summed E-state index contributed by atoms with van der Waals surface area (Å²) in [5.41, 5.74) is 0.352. The Morgan fingerprint density at radius 2 is 1.92 bits per heavy atom. The van der Waals surface area contributed by atoms with Crippen LogP contribution in [0.2, 0.25) is 0 Å². The van der Waals surface area contributed by atoms with Crippen LogP contribution in [-0.4, -0.2) is 25.5 Å². The minimum absolute atomic E-state index is 0.137. The molecule has 0 bridgehead atoms. The fourth-order valence-electron chi connectivity index (χ4n) is 2.92. The van der Waals surface area contributed by atoms with Crippen molar-refractivity contribution in [3.63, 3.8) is 0 Å². The molecule has 3 rings (SSSR count). The summed E-state index contributed by atoms with van der Waals surface area (Å²) < 4.78 is 27.0. The maximum Gasteiger partial charge on any atom is 0.271 e. The van der Waals surface area contributed by atoms with E-state index >= 15 is 0 Å². The third-order valence-electron chi connectivity index (χ3n) is 4.19. The second-order valence-electron chi connectivity index (χ2n) is 6.08. The molecule has 0 spiro atoms. The predicted molar refractivity (Wildman–Crippen MR) is 97.6 cm³/mol. The summed E-state index contributed by atoms with van der Waals surface area (Å²) in [6, 6.07) is 7.44. The third-order valence-corrected chi connectivity index (χ3v) is 6.97. The van der Waals surface area contributed by atoms with Gasteiger partial charge in [-0.25, -0.2) is 8.42 Å². The van der Waals surface area contributed by atoms with Gasteiger partial charge < -0.3 is 10.4 Å². The lowest BCUT2D eigenvalue weighted by molar-refractivity contribution is 0.0925. The lowest BCUT2D eigenvalue weighted by Crippen LogP contribution is -2.36. The van der Waals surface area contributed by atoms with Crippen LogP contribution in [0.4, 0.5) is 5.69 Å². The number of thiophene rings is 1. The number of phenolic OH excluding ortho intramolecular Hbond substituents is 1. The minimum atomic E-state index is -3.69. The maximum absolute atomic E-state index is 12.3. The van der Waals surface area contributed by atoms with Crippen LogP contribution in [0.25, 0.3) is 0 Å². The number of hydrogen-bond donors (Lipinski definition) is 3. The van der Waals surface area contributed by atoms with E-state index < -0.39 is 10.0 Å². The molecule has 1 aliphatic rings. The van der Waals surface area contributed by atoms with Gasteiger partial charge in [-0.3, -0.25) is 9.52 Å². The van der Waals surface area contributed by atoms with Gasteiger partial charge in [0, 0.05) is 12.1 Å². The highest BCUT2D eigenvalue weighted by Crippen LogP contribution is 2.26. The number of nitrogens with one attached hydrogen (secondary N) is 2. The van der Waals surface area contributed by atoms with E-state index in [1.165, 1.54) is 30.7 Å². The summed E-state index contributed by atoms with van der Waals surface area (Å²) in [4.78, 5) is 12.3. The molecule has 6 nitrogen and oxygen atoms in total.